The Morgan fingerprint density at radius 3 is 2.81 bits per heavy atom. The first kappa shape index (κ1) is 17.5. The minimum absolute atomic E-state index is 0.0328. The molecule has 1 aromatic heterocycles. The number of hydrogen-bond donors (Lipinski definition) is 1. The number of benzene rings is 1. The normalized spacial score (nSPS) is 22.3. The third-order valence-electron chi connectivity index (χ3n) is 4.93. The van der Waals surface area contributed by atoms with Crippen molar-refractivity contribution in [1.82, 2.24) is 15.1 Å². The molecule has 140 valence electrons. The minimum atomic E-state index is -0.759. The lowest BCUT2D eigenvalue weighted by Gasteiger charge is -2.33. The summed E-state index contributed by atoms with van der Waals surface area (Å²) in [5.41, 5.74) is -0.576. The molecule has 3 amide bonds. The quantitative estimate of drug-likeness (QED) is 0.759. The van der Waals surface area contributed by atoms with Gasteiger partial charge in [0.05, 0.1) is 6.54 Å². The van der Waals surface area contributed by atoms with Crippen LogP contribution in [0.25, 0.3) is 11.0 Å². The molecule has 2 aliphatic rings. The van der Waals surface area contributed by atoms with Crippen LogP contribution in [0.1, 0.15) is 16.8 Å². The number of carbonyl (C=O) groups excluding carboxylic acids is 3. The second-order valence-electron chi connectivity index (χ2n) is 6.79. The number of fused-ring (bicyclic) bond motifs is 2. The molecule has 0 radical (unpaired) electrons. The summed E-state index contributed by atoms with van der Waals surface area (Å²) in [5, 5.41) is 3.72. The second kappa shape index (κ2) is 6.38. The van der Waals surface area contributed by atoms with E-state index in [4.69, 9.17) is 16.0 Å². The van der Waals surface area contributed by atoms with E-state index in [1.165, 1.54) is 15.9 Å². The van der Waals surface area contributed by atoms with Crippen molar-refractivity contribution in [2.45, 2.75) is 18.5 Å². The fourth-order valence-corrected chi connectivity index (χ4v) is 3.77. The predicted molar refractivity (Wildman–Crippen MR) is 96.5 cm³/mol. The van der Waals surface area contributed by atoms with Gasteiger partial charge in [-0.3, -0.25) is 14.4 Å². The molecule has 2 fully saturated rings. The van der Waals surface area contributed by atoms with Crippen molar-refractivity contribution < 1.29 is 18.8 Å². The topological polar surface area (TPSA) is 99.9 Å². The van der Waals surface area contributed by atoms with Crippen molar-refractivity contribution in [1.29, 1.82) is 0 Å². The number of hydrogen-bond acceptors (Lipinski definition) is 5. The highest BCUT2D eigenvalue weighted by Gasteiger charge is 2.45. The van der Waals surface area contributed by atoms with Crippen LogP contribution in [-0.2, 0) is 9.59 Å². The summed E-state index contributed by atoms with van der Waals surface area (Å²) in [6.45, 7) is 0.268. The second-order valence-corrected chi connectivity index (χ2v) is 7.23. The zero-order chi connectivity index (χ0) is 19.3. The molecule has 3 heterocycles. The molecule has 0 unspecified atom stereocenters. The van der Waals surface area contributed by atoms with Crippen molar-refractivity contribution in [3.05, 3.63) is 45.3 Å². The first-order valence-corrected chi connectivity index (χ1v) is 8.80. The lowest BCUT2D eigenvalue weighted by Crippen LogP contribution is -2.55. The van der Waals surface area contributed by atoms with Gasteiger partial charge in [-0.05, 0) is 30.7 Å². The summed E-state index contributed by atoms with van der Waals surface area (Å²) in [4.78, 5) is 51.9. The summed E-state index contributed by atoms with van der Waals surface area (Å²) >= 11 is 5.94. The Balaban J connectivity index is 1.56. The largest absolute Gasteiger partial charge is 0.422 e. The van der Waals surface area contributed by atoms with E-state index < -0.39 is 23.6 Å². The van der Waals surface area contributed by atoms with E-state index in [-0.39, 0.29) is 30.5 Å². The van der Waals surface area contributed by atoms with E-state index in [9.17, 15) is 19.2 Å². The van der Waals surface area contributed by atoms with E-state index in [2.05, 4.69) is 5.32 Å². The smallest absolute Gasteiger partial charge is 0.349 e. The van der Waals surface area contributed by atoms with Gasteiger partial charge in [0.25, 0.3) is 5.91 Å². The first-order chi connectivity index (χ1) is 12.8. The Hall–Kier alpha value is -2.87. The monoisotopic (exact) mass is 389 g/mol. The Morgan fingerprint density at radius 1 is 1.26 bits per heavy atom. The molecule has 2 aliphatic heterocycles. The summed E-state index contributed by atoms with van der Waals surface area (Å²) in [6, 6.07) is 5.18. The maximum Gasteiger partial charge on any atom is 0.349 e. The fraction of sp³-hybridized carbons (Fsp3) is 0.333. The number of nitrogens with one attached hydrogen (secondary N) is 1. The molecule has 9 heteroatoms. The molecule has 0 bridgehead atoms. The van der Waals surface area contributed by atoms with E-state index in [1.54, 1.807) is 25.2 Å². The summed E-state index contributed by atoms with van der Waals surface area (Å²) in [6.07, 6.45) is 0.311. The van der Waals surface area contributed by atoms with Crippen LogP contribution in [0.3, 0.4) is 0 Å². The summed E-state index contributed by atoms with van der Waals surface area (Å²) < 4.78 is 5.18. The van der Waals surface area contributed by atoms with Crippen LogP contribution in [0.4, 0.5) is 0 Å². The highest BCUT2D eigenvalue weighted by Crippen LogP contribution is 2.24. The molecular formula is C18H16ClN3O5. The SMILES string of the molecule is CN1CC(=O)N2C[C@H](NC(=O)c3cc4cc(Cl)ccc4oc3=O)C[C@H]2C1=O. The number of amides is 3. The van der Waals surface area contributed by atoms with Crippen LogP contribution in [-0.4, -0.2) is 59.7 Å². The van der Waals surface area contributed by atoms with Crippen LogP contribution in [0.15, 0.2) is 33.5 Å². The zero-order valence-electron chi connectivity index (χ0n) is 14.4. The number of rotatable bonds is 2. The van der Waals surface area contributed by atoms with Gasteiger partial charge in [-0.1, -0.05) is 11.6 Å². The van der Waals surface area contributed by atoms with Crippen molar-refractivity contribution in [2.75, 3.05) is 20.1 Å². The van der Waals surface area contributed by atoms with E-state index in [0.717, 1.165) is 0 Å². The molecule has 2 saturated heterocycles. The number of piperazine rings is 1. The Labute approximate surface area is 158 Å². The van der Waals surface area contributed by atoms with Gasteiger partial charge in [0.1, 0.15) is 17.2 Å². The number of halogens is 1. The molecule has 0 aliphatic carbocycles. The van der Waals surface area contributed by atoms with Crippen LogP contribution < -0.4 is 10.9 Å². The first-order valence-electron chi connectivity index (χ1n) is 8.42. The Morgan fingerprint density at radius 2 is 2.04 bits per heavy atom. The third kappa shape index (κ3) is 3.06. The fourth-order valence-electron chi connectivity index (χ4n) is 3.59. The van der Waals surface area contributed by atoms with Crippen molar-refractivity contribution >= 4 is 40.3 Å². The molecule has 4 rings (SSSR count). The summed E-state index contributed by atoms with van der Waals surface area (Å²) in [7, 11) is 1.58. The van der Waals surface area contributed by atoms with Gasteiger partial charge >= 0.3 is 5.63 Å². The lowest BCUT2D eigenvalue weighted by molar-refractivity contribution is -0.152. The molecule has 2 atom stereocenters. The molecule has 2 aromatic rings. The zero-order valence-corrected chi connectivity index (χ0v) is 15.2. The van der Waals surface area contributed by atoms with Gasteiger partial charge in [-0.2, -0.15) is 0 Å². The van der Waals surface area contributed by atoms with Gasteiger partial charge < -0.3 is 19.5 Å². The van der Waals surface area contributed by atoms with E-state index in [0.29, 0.717) is 22.4 Å². The minimum Gasteiger partial charge on any atom is -0.422 e. The maximum absolute atomic E-state index is 12.6. The summed E-state index contributed by atoms with van der Waals surface area (Å²) in [5.74, 6) is -0.909. The van der Waals surface area contributed by atoms with Crippen molar-refractivity contribution in [2.24, 2.45) is 0 Å². The van der Waals surface area contributed by atoms with Crippen molar-refractivity contribution in [3.8, 4) is 0 Å². The van der Waals surface area contributed by atoms with E-state index in [1.807, 2.05) is 0 Å². The van der Waals surface area contributed by atoms with E-state index >= 15 is 0 Å². The molecule has 1 aromatic carbocycles. The molecular weight excluding hydrogens is 374 g/mol. The van der Waals surface area contributed by atoms with Crippen LogP contribution in [0.5, 0.6) is 0 Å². The van der Waals surface area contributed by atoms with Crippen molar-refractivity contribution in [3.63, 3.8) is 0 Å². The van der Waals surface area contributed by atoms with Gasteiger partial charge in [0, 0.05) is 30.0 Å². The number of nitrogens with zero attached hydrogens (tertiary/aromatic N) is 2. The van der Waals surface area contributed by atoms with Crippen LogP contribution in [0, 0.1) is 0 Å². The van der Waals surface area contributed by atoms with Crippen LogP contribution >= 0.6 is 11.6 Å². The number of likely N-dealkylation sites (N-methyl/N-ethyl adjacent to an activating group) is 1. The third-order valence-corrected chi connectivity index (χ3v) is 5.16. The average Bonchev–Trinajstić information content (AvgIpc) is 3.04. The standard InChI is InChI=1S/C18H16ClN3O5/c1-21-8-15(23)22-7-11(6-13(22)17(21)25)20-16(24)12-5-9-4-10(19)2-3-14(9)27-18(12)26/h2-5,11,13H,6-8H2,1H3,(H,20,24)/t11-,13+/m1/s1. The highest BCUT2D eigenvalue weighted by atomic mass is 35.5. The average molecular weight is 390 g/mol. The Bertz CT molecular complexity index is 1030. The maximum atomic E-state index is 12.6. The molecule has 0 spiro atoms. The molecule has 1 N–H and O–H groups in total. The molecule has 0 saturated carbocycles. The lowest BCUT2D eigenvalue weighted by atomic mass is 10.1. The van der Waals surface area contributed by atoms with Gasteiger partial charge in [0.15, 0.2) is 0 Å². The van der Waals surface area contributed by atoms with Gasteiger partial charge in [0.2, 0.25) is 11.8 Å². The van der Waals surface area contributed by atoms with Crippen LogP contribution in [0.2, 0.25) is 5.02 Å². The van der Waals surface area contributed by atoms with Gasteiger partial charge in [-0.15, -0.1) is 0 Å². The highest BCUT2D eigenvalue weighted by molar-refractivity contribution is 6.31. The molecule has 8 nitrogen and oxygen atoms in total. The van der Waals surface area contributed by atoms with Gasteiger partial charge in [-0.25, -0.2) is 4.79 Å². The predicted octanol–water partition coefficient (Wildman–Crippen LogP) is 0.618. The Kier molecular flexibility index (Phi) is 4.15. The number of carbonyl (C=O) groups is 3. The molecule has 27 heavy (non-hydrogen) atoms.